The van der Waals surface area contributed by atoms with Crippen LogP contribution in [-0.4, -0.2) is 21.9 Å². The number of rotatable bonds is 4. The van der Waals surface area contributed by atoms with Crippen molar-refractivity contribution in [2.75, 3.05) is 11.6 Å². The van der Waals surface area contributed by atoms with Crippen molar-refractivity contribution in [2.24, 2.45) is 0 Å². The molecular formula is C18H17N3O2S. The minimum atomic E-state index is -0.327. The van der Waals surface area contributed by atoms with Gasteiger partial charge in [0, 0.05) is 22.5 Å². The average Bonchev–Trinajstić information content (AvgIpc) is 2.62. The second-order valence-corrected chi connectivity index (χ2v) is 6.08. The van der Waals surface area contributed by atoms with Gasteiger partial charge in [0.15, 0.2) is 5.69 Å². The van der Waals surface area contributed by atoms with Gasteiger partial charge in [-0.3, -0.25) is 9.59 Å². The summed E-state index contributed by atoms with van der Waals surface area (Å²) in [5, 5.41) is 8.17. The van der Waals surface area contributed by atoms with Gasteiger partial charge in [0.25, 0.3) is 11.5 Å². The highest BCUT2D eigenvalue weighted by Gasteiger charge is 2.16. The normalized spacial score (nSPS) is 10.8. The Labute approximate surface area is 143 Å². The highest BCUT2D eigenvalue weighted by atomic mass is 32.2. The van der Waals surface area contributed by atoms with Crippen molar-refractivity contribution in [1.29, 1.82) is 0 Å². The molecule has 0 unspecified atom stereocenters. The number of hydrogen-bond donors (Lipinski definition) is 1. The van der Waals surface area contributed by atoms with Gasteiger partial charge in [-0.2, -0.15) is 5.10 Å². The number of hydrogen-bond acceptors (Lipinski definition) is 4. The molecular weight excluding hydrogens is 322 g/mol. The quantitative estimate of drug-likeness (QED) is 0.740. The topological polar surface area (TPSA) is 64.0 Å². The van der Waals surface area contributed by atoms with Crippen molar-refractivity contribution in [1.82, 2.24) is 9.78 Å². The lowest BCUT2D eigenvalue weighted by molar-refractivity contribution is 0.102. The summed E-state index contributed by atoms with van der Waals surface area (Å²) < 4.78 is 1.32. The van der Waals surface area contributed by atoms with Crippen molar-refractivity contribution in [2.45, 2.75) is 18.4 Å². The molecule has 1 aromatic heterocycles. The molecule has 0 saturated heterocycles. The number of aromatic nitrogens is 2. The standard InChI is InChI=1S/C18H17N3O2S/c1-3-21-18(23)15-10-5-4-9-14(15)16(20-21)17(22)19-12-7-6-8-13(11-12)24-2/h4-11H,3H2,1-2H3,(H,19,22). The zero-order valence-electron chi connectivity index (χ0n) is 13.4. The van der Waals surface area contributed by atoms with Crippen LogP contribution in [0.15, 0.2) is 58.2 Å². The smallest absolute Gasteiger partial charge is 0.276 e. The summed E-state index contributed by atoms with van der Waals surface area (Å²) in [6, 6.07) is 14.6. The van der Waals surface area contributed by atoms with Gasteiger partial charge in [-0.15, -0.1) is 11.8 Å². The van der Waals surface area contributed by atoms with Crippen LogP contribution in [0, 0.1) is 0 Å². The largest absolute Gasteiger partial charge is 0.321 e. The van der Waals surface area contributed by atoms with Crippen LogP contribution >= 0.6 is 11.8 Å². The number of fused-ring (bicyclic) bond motifs is 1. The molecule has 0 radical (unpaired) electrons. The zero-order chi connectivity index (χ0) is 17.1. The Morgan fingerprint density at radius 3 is 2.62 bits per heavy atom. The third-order valence-corrected chi connectivity index (χ3v) is 4.44. The van der Waals surface area contributed by atoms with E-state index in [0.717, 1.165) is 4.90 Å². The van der Waals surface area contributed by atoms with E-state index in [9.17, 15) is 9.59 Å². The first-order valence-electron chi connectivity index (χ1n) is 7.59. The summed E-state index contributed by atoms with van der Waals surface area (Å²) in [5.74, 6) is -0.327. The summed E-state index contributed by atoms with van der Waals surface area (Å²) in [6.45, 7) is 2.23. The van der Waals surface area contributed by atoms with E-state index in [2.05, 4.69) is 10.4 Å². The number of carbonyl (C=O) groups is 1. The highest BCUT2D eigenvalue weighted by Crippen LogP contribution is 2.20. The summed E-state index contributed by atoms with van der Waals surface area (Å²) in [6.07, 6.45) is 1.98. The van der Waals surface area contributed by atoms with E-state index >= 15 is 0 Å². The van der Waals surface area contributed by atoms with Gasteiger partial charge >= 0.3 is 0 Å². The van der Waals surface area contributed by atoms with Gasteiger partial charge in [0.1, 0.15) is 0 Å². The fourth-order valence-corrected chi connectivity index (χ4v) is 2.97. The van der Waals surface area contributed by atoms with Crippen molar-refractivity contribution in [3.05, 3.63) is 64.6 Å². The van der Waals surface area contributed by atoms with Crippen LogP contribution in [0.1, 0.15) is 17.4 Å². The molecule has 0 bridgehead atoms. The molecule has 0 saturated carbocycles. The number of benzene rings is 2. The SMILES string of the molecule is CCn1nc(C(=O)Nc2cccc(SC)c2)c2ccccc2c1=O. The third kappa shape index (κ3) is 3.05. The molecule has 1 N–H and O–H groups in total. The molecule has 122 valence electrons. The Morgan fingerprint density at radius 1 is 1.17 bits per heavy atom. The fraction of sp³-hybridized carbons (Fsp3) is 0.167. The summed E-state index contributed by atoms with van der Waals surface area (Å²) >= 11 is 1.60. The number of anilines is 1. The minimum Gasteiger partial charge on any atom is -0.321 e. The highest BCUT2D eigenvalue weighted by molar-refractivity contribution is 7.98. The number of nitrogens with zero attached hydrogens (tertiary/aromatic N) is 2. The van der Waals surface area contributed by atoms with Crippen LogP contribution in [-0.2, 0) is 6.54 Å². The van der Waals surface area contributed by atoms with E-state index in [1.165, 1.54) is 4.68 Å². The first kappa shape index (κ1) is 16.3. The lowest BCUT2D eigenvalue weighted by atomic mass is 10.1. The molecule has 2 aromatic carbocycles. The minimum absolute atomic E-state index is 0.186. The molecule has 0 fully saturated rings. The molecule has 5 nitrogen and oxygen atoms in total. The zero-order valence-corrected chi connectivity index (χ0v) is 14.3. The Hall–Kier alpha value is -2.60. The van der Waals surface area contributed by atoms with Crippen molar-refractivity contribution in [3.8, 4) is 0 Å². The number of thioether (sulfide) groups is 1. The molecule has 0 atom stereocenters. The maximum atomic E-state index is 12.7. The van der Waals surface area contributed by atoms with Crippen LogP contribution in [0.5, 0.6) is 0 Å². The van der Waals surface area contributed by atoms with E-state index in [1.54, 1.807) is 36.0 Å². The number of nitrogens with one attached hydrogen (secondary N) is 1. The van der Waals surface area contributed by atoms with Crippen LogP contribution < -0.4 is 10.9 Å². The fourth-order valence-electron chi connectivity index (χ4n) is 2.51. The molecule has 3 aromatic rings. The Kier molecular flexibility index (Phi) is 4.66. The first-order valence-corrected chi connectivity index (χ1v) is 8.81. The van der Waals surface area contributed by atoms with E-state index in [0.29, 0.717) is 23.0 Å². The Bertz CT molecular complexity index is 966. The monoisotopic (exact) mass is 339 g/mol. The van der Waals surface area contributed by atoms with Crippen LogP contribution in [0.25, 0.3) is 10.8 Å². The molecule has 0 aliphatic heterocycles. The average molecular weight is 339 g/mol. The van der Waals surface area contributed by atoms with E-state index < -0.39 is 0 Å². The van der Waals surface area contributed by atoms with E-state index in [1.807, 2.05) is 37.4 Å². The molecule has 24 heavy (non-hydrogen) atoms. The number of carbonyl (C=O) groups excluding carboxylic acids is 1. The molecule has 6 heteroatoms. The molecule has 0 aliphatic carbocycles. The Balaban J connectivity index is 2.06. The predicted molar refractivity (Wildman–Crippen MR) is 97.9 cm³/mol. The van der Waals surface area contributed by atoms with Gasteiger partial charge in [0.2, 0.25) is 0 Å². The molecule has 1 heterocycles. The maximum absolute atomic E-state index is 12.7. The van der Waals surface area contributed by atoms with Crippen LogP contribution in [0.2, 0.25) is 0 Å². The van der Waals surface area contributed by atoms with Crippen LogP contribution in [0.4, 0.5) is 5.69 Å². The van der Waals surface area contributed by atoms with Crippen LogP contribution in [0.3, 0.4) is 0 Å². The van der Waals surface area contributed by atoms with Crippen molar-refractivity contribution in [3.63, 3.8) is 0 Å². The van der Waals surface area contributed by atoms with E-state index in [-0.39, 0.29) is 17.2 Å². The van der Waals surface area contributed by atoms with Crippen molar-refractivity contribution < 1.29 is 4.79 Å². The summed E-state index contributed by atoms with van der Waals surface area (Å²) in [4.78, 5) is 26.1. The third-order valence-electron chi connectivity index (χ3n) is 3.71. The lowest BCUT2D eigenvalue weighted by Crippen LogP contribution is -2.27. The number of amides is 1. The Morgan fingerprint density at radius 2 is 1.92 bits per heavy atom. The molecule has 0 aliphatic rings. The lowest BCUT2D eigenvalue weighted by Gasteiger charge is -2.10. The van der Waals surface area contributed by atoms with Gasteiger partial charge in [-0.05, 0) is 37.4 Å². The van der Waals surface area contributed by atoms with Gasteiger partial charge < -0.3 is 5.32 Å². The molecule has 1 amide bonds. The second-order valence-electron chi connectivity index (χ2n) is 5.20. The van der Waals surface area contributed by atoms with Gasteiger partial charge in [0.05, 0.1) is 5.39 Å². The van der Waals surface area contributed by atoms with E-state index in [4.69, 9.17) is 0 Å². The number of aryl methyl sites for hydroxylation is 1. The van der Waals surface area contributed by atoms with Gasteiger partial charge in [-0.25, -0.2) is 4.68 Å². The summed E-state index contributed by atoms with van der Waals surface area (Å²) in [5.41, 5.74) is 0.766. The first-order chi connectivity index (χ1) is 11.6. The van der Waals surface area contributed by atoms with Crippen molar-refractivity contribution >= 4 is 34.1 Å². The second kappa shape index (κ2) is 6.88. The molecule has 3 rings (SSSR count). The molecule has 0 spiro atoms. The maximum Gasteiger partial charge on any atom is 0.276 e. The predicted octanol–water partition coefficient (Wildman–Crippen LogP) is 3.39. The summed E-state index contributed by atoms with van der Waals surface area (Å²) in [7, 11) is 0. The van der Waals surface area contributed by atoms with Gasteiger partial charge in [-0.1, -0.05) is 24.3 Å².